The second kappa shape index (κ2) is 9.43. The van der Waals surface area contributed by atoms with Crippen LogP contribution in [0.15, 0.2) is 0 Å². The van der Waals surface area contributed by atoms with Crippen molar-refractivity contribution in [2.45, 2.75) is 44.6 Å². The zero-order valence-electron chi connectivity index (χ0n) is 10.1. The molecule has 0 aromatic rings. The molecule has 1 rings (SSSR count). The molecule has 1 aliphatic heterocycles. The van der Waals surface area contributed by atoms with Crippen molar-refractivity contribution in [3.63, 3.8) is 0 Å². The smallest absolute Gasteiger partial charge is 0.186 e. The van der Waals surface area contributed by atoms with Gasteiger partial charge < -0.3 is 24.8 Å². The molecule has 1 fully saturated rings. The number of thiol groups is 2. The highest BCUT2D eigenvalue weighted by Gasteiger charge is 2.43. The Labute approximate surface area is 113 Å². The molecule has 0 amide bonds. The van der Waals surface area contributed by atoms with Gasteiger partial charge in [0.25, 0.3) is 0 Å². The van der Waals surface area contributed by atoms with Gasteiger partial charge in [-0.15, -0.1) is 0 Å². The van der Waals surface area contributed by atoms with Crippen molar-refractivity contribution >= 4 is 25.3 Å². The second-order valence-electron chi connectivity index (χ2n) is 3.29. The molecule has 1 aliphatic rings. The molecule has 1 heterocycles. The van der Waals surface area contributed by atoms with Crippen LogP contribution in [0.5, 0.6) is 0 Å². The molecule has 1 saturated heterocycles. The van der Waals surface area contributed by atoms with E-state index in [-0.39, 0.29) is 5.75 Å². The number of aliphatic hydroxyl groups excluding tert-OH is 3. The van der Waals surface area contributed by atoms with E-state index in [9.17, 15) is 15.3 Å². The van der Waals surface area contributed by atoms with Crippen LogP contribution in [0.3, 0.4) is 0 Å². The molecular weight excluding hydrogens is 264 g/mol. The number of aliphatic hydroxyl groups is 3. The summed E-state index contributed by atoms with van der Waals surface area (Å²) < 4.78 is 10.4. The summed E-state index contributed by atoms with van der Waals surface area (Å²) in [5.74, 6) is 0.725. The van der Waals surface area contributed by atoms with Gasteiger partial charge in [-0.05, 0) is 0 Å². The average Bonchev–Trinajstić information content (AvgIpc) is 2.38. The highest BCUT2D eigenvalue weighted by atomic mass is 32.1. The van der Waals surface area contributed by atoms with E-state index in [1.54, 1.807) is 0 Å². The van der Waals surface area contributed by atoms with Crippen molar-refractivity contribution in [1.82, 2.24) is 0 Å². The van der Waals surface area contributed by atoms with Crippen molar-refractivity contribution in [3.8, 4) is 0 Å². The van der Waals surface area contributed by atoms with Gasteiger partial charge in [-0.2, -0.15) is 25.3 Å². The first kappa shape index (κ1) is 17.5. The zero-order chi connectivity index (χ0) is 13.4. The molecule has 5 unspecified atom stereocenters. The molecule has 5 nitrogen and oxygen atoms in total. The number of hydrogen-bond donors (Lipinski definition) is 5. The van der Waals surface area contributed by atoms with Crippen LogP contribution in [0.25, 0.3) is 0 Å². The first-order valence-electron chi connectivity index (χ1n) is 5.64. The van der Waals surface area contributed by atoms with Gasteiger partial charge in [0.1, 0.15) is 18.3 Å². The van der Waals surface area contributed by atoms with Crippen molar-refractivity contribution in [2.24, 2.45) is 0 Å². The van der Waals surface area contributed by atoms with Gasteiger partial charge in [-0.3, -0.25) is 0 Å². The number of ether oxygens (including phenoxy) is 2. The third kappa shape index (κ3) is 4.94. The molecule has 0 bridgehead atoms. The summed E-state index contributed by atoms with van der Waals surface area (Å²) in [6.45, 7) is 4.30. The number of rotatable bonds is 4. The van der Waals surface area contributed by atoms with Crippen molar-refractivity contribution in [2.75, 3.05) is 18.1 Å². The van der Waals surface area contributed by atoms with Gasteiger partial charge in [0.15, 0.2) is 6.29 Å². The highest BCUT2D eigenvalue weighted by molar-refractivity contribution is 7.80. The van der Waals surface area contributed by atoms with Crippen LogP contribution in [0.4, 0.5) is 0 Å². The molecule has 5 atom stereocenters. The van der Waals surface area contributed by atoms with E-state index in [1.807, 2.05) is 13.8 Å². The summed E-state index contributed by atoms with van der Waals surface area (Å²) in [6.07, 6.45) is -5.26. The van der Waals surface area contributed by atoms with Gasteiger partial charge >= 0.3 is 0 Å². The number of hydrogen-bond acceptors (Lipinski definition) is 7. The predicted molar refractivity (Wildman–Crippen MR) is 71.7 cm³/mol. The minimum Gasteiger partial charge on any atom is -0.388 e. The van der Waals surface area contributed by atoms with Crippen molar-refractivity contribution < 1.29 is 24.8 Å². The van der Waals surface area contributed by atoms with E-state index in [4.69, 9.17) is 9.47 Å². The molecule has 17 heavy (non-hydrogen) atoms. The maximum Gasteiger partial charge on any atom is 0.186 e. The molecule has 3 N–H and O–H groups in total. The first-order chi connectivity index (χ1) is 8.11. The van der Waals surface area contributed by atoms with Crippen molar-refractivity contribution in [1.29, 1.82) is 0 Å². The van der Waals surface area contributed by atoms with Crippen molar-refractivity contribution in [3.05, 3.63) is 0 Å². The van der Waals surface area contributed by atoms with Gasteiger partial charge in [0, 0.05) is 11.5 Å². The fourth-order valence-electron chi connectivity index (χ4n) is 1.37. The maximum atomic E-state index is 9.54. The van der Waals surface area contributed by atoms with Crippen LogP contribution in [0, 0.1) is 0 Å². The highest BCUT2D eigenvalue weighted by Crippen LogP contribution is 2.22. The SMILES string of the molecule is CC.OC1C(CS)OC(OCCS)C(O)C1O. The summed E-state index contributed by atoms with van der Waals surface area (Å²) in [4.78, 5) is 0. The lowest BCUT2D eigenvalue weighted by atomic mass is 10.00. The third-order valence-electron chi connectivity index (χ3n) is 2.22. The Hall–Kier alpha value is 0.500. The normalized spacial score (nSPS) is 37.2. The molecule has 0 aliphatic carbocycles. The predicted octanol–water partition coefficient (Wildman–Crippen LogP) is -0.304. The van der Waals surface area contributed by atoms with Gasteiger partial charge in [-0.1, -0.05) is 13.8 Å². The Morgan fingerprint density at radius 3 is 2.12 bits per heavy atom. The Balaban J connectivity index is 0.00000121. The monoisotopic (exact) mass is 286 g/mol. The van der Waals surface area contributed by atoms with Crippen LogP contribution in [0.1, 0.15) is 13.8 Å². The average molecular weight is 286 g/mol. The van der Waals surface area contributed by atoms with Gasteiger partial charge in [0.05, 0.1) is 12.7 Å². The lowest BCUT2D eigenvalue weighted by Gasteiger charge is -2.39. The van der Waals surface area contributed by atoms with E-state index in [1.165, 1.54) is 0 Å². The topological polar surface area (TPSA) is 79.2 Å². The summed E-state index contributed by atoms with van der Waals surface area (Å²) in [6, 6.07) is 0. The maximum absolute atomic E-state index is 9.54. The Morgan fingerprint density at radius 2 is 1.65 bits per heavy atom. The van der Waals surface area contributed by atoms with Gasteiger partial charge in [-0.25, -0.2) is 0 Å². The molecule has 0 spiro atoms. The lowest BCUT2D eigenvalue weighted by Crippen LogP contribution is -2.58. The molecule has 104 valence electrons. The van der Waals surface area contributed by atoms with Gasteiger partial charge in [0.2, 0.25) is 0 Å². The van der Waals surface area contributed by atoms with E-state index in [2.05, 4.69) is 25.3 Å². The molecular formula is C10H22O5S2. The standard InChI is InChI=1S/C8H16O5S2.C2H6/c9-5-4(3-15)13-8(12-1-2-14)7(11)6(5)10;1-2/h4-11,14-15H,1-3H2;1-2H3. The molecule has 0 radical (unpaired) electrons. The van der Waals surface area contributed by atoms with Crippen LogP contribution >= 0.6 is 25.3 Å². The summed E-state index contributed by atoms with van der Waals surface area (Å²) >= 11 is 7.92. The van der Waals surface area contributed by atoms with Crippen LogP contribution < -0.4 is 0 Å². The summed E-state index contributed by atoms with van der Waals surface area (Å²) in [5, 5.41) is 28.5. The molecule has 7 heteroatoms. The molecule has 0 aromatic carbocycles. The lowest BCUT2D eigenvalue weighted by molar-refractivity contribution is -0.290. The second-order valence-corrected chi connectivity index (χ2v) is 4.10. The third-order valence-corrected chi connectivity index (χ3v) is 2.76. The van der Waals surface area contributed by atoms with E-state index in [0.29, 0.717) is 12.4 Å². The Morgan fingerprint density at radius 1 is 1.06 bits per heavy atom. The Kier molecular flexibility index (Phi) is 9.71. The fraction of sp³-hybridized carbons (Fsp3) is 1.00. The van der Waals surface area contributed by atoms with Crippen LogP contribution in [-0.2, 0) is 9.47 Å². The van der Waals surface area contributed by atoms with E-state index >= 15 is 0 Å². The summed E-state index contributed by atoms with van der Waals surface area (Å²) in [7, 11) is 0. The van der Waals surface area contributed by atoms with E-state index < -0.39 is 30.7 Å². The zero-order valence-corrected chi connectivity index (χ0v) is 11.8. The minimum atomic E-state index is -1.28. The van der Waals surface area contributed by atoms with E-state index in [0.717, 1.165) is 0 Å². The fourth-order valence-corrected chi connectivity index (χ4v) is 1.78. The van der Waals surface area contributed by atoms with Crippen LogP contribution in [0.2, 0.25) is 0 Å². The largest absolute Gasteiger partial charge is 0.388 e. The minimum absolute atomic E-state index is 0.242. The van der Waals surface area contributed by atoms with Crippen LogP contribution in [-0.4, -0.2) is 64.1 Å². The molecule has 0 aromatic heterocycles. The summed E-state index contributed by atoms with van der Waals surface area (Å²) in [5.41, 5.74) is 0. The first-order valence-corrected chi connectivity index (χ1v) is 6.91. The molecule has 0 saturated carbocycles. The quantitative estimate of drug-likeness (QED) is 0.459. The Bertz CT molecular complexity index is 194.